The first kappa shape index (κ1) is 19.1. The zero-order valence-corrected chi connectivity index (χ0v) is 15.1. The predicted octanol–water partition coefficient (Wildman–Crippen LogP) is 2.03. The van der Waals surface area contributed by atoms with Crippen LogP contribution in [0.5, 0.6) is 5.75 Å². The first-order valence-corrected chi connectivity index (χ1v) is 8.88. The number of halogens is 2. The van der Waals surface area contributed by atoms with E-state index in [1.165, 1.54) is 21.7 Å². The molecule has 0 bridgehead atoms. The van der Waals surface area contributed by atoms with Crippen molar-refractivity contribution in [1.29, 1.82) is 0 Å². The number of benzene rings is 1. The fraction of sp³-hybridized carbons (Fsp3) is 0.500. The monoisotopic (exact) mass is 380 g/mol. The molecular formula is C18H22F2N4O3. The number of carbonyl (C=O) groups is 1. The van der Waals surface area contributed by atoms with Gasteiger partial charge in [0.05, 0.1) is 0 Å². The van der Waals surface area contributed by atoms with Gasteiger partial charge in [-0.15, -0.1) is 0 Å². The summed E-state index contributed by atoms with van der Waals surface area (Å²) in [5.74, 6) is 0.551. The second-order valence-electron chi connectivity index (χ2n) is 6.59. The van der Waals surface area contributed by atoms with Crippen LogP contribution in [0.3, 0.4) is 0 Å². The second kappa shape index (κ2) is 8.32. The van der Waals surface area contributed by atoms with Crippen molar-refractivity contribution in [1.82, 2.24) is 19.2 Å². The summed E-state index contributed by atoms with van der Waals surface area (Å²) >= 11 is 0. The standard InChI is InChI=1S/C18H22F2N4O3/c1-22(11-13-6-8-14(9-7-13)27-17(19)20)16(25)12-24-18(26)23-10-4-2-3-5-15(23)21-24/h6-9,17H,2-5,10-12H2,1H3. The zero-order valence-electron chi connectivity index (χ0n) is 15.1. The number of rotatable bonds is 6. The Labute approximate surface area is 155 Å². The van der Waals surface area contributed by atoms with E-state index in [4.69, 9.17) is 0 Å². The molecular weight excluding hydrogens is 358 g/mol. The number of alkyl halides is 2. The van der Waals surface area contributed by atoms with Gasteiger partial charge < -0.3 is 9.64 Å². The van der Waals surface area contributed by atoms with Crippen LogP contribution in [0.15, 0.2) is 29.1 Å². The van der Waals surface area contributed by atoms with E-state index < -0.39 is 6.61 Å². The summed E-state index contributed by atoms with van der Waals surface area (Å²) in [5.41, 5.74) is 0.516. The summed E-state index contributed by atoms with van der Waals surface area (Å²) in [5, 5.41) is 4.31. The van der Waals surface area contributed by atoms with E-state index in [0.717, 1.165) is 37.1 Å². The van der Waals surface area contributed by atoms with Gasteiger partial charge in [-0.2, -0.15) is 13.9 Å². The highest BCUT2D eigenvalue weighted by molar-refractivity contribution is 5.75. The molecule has 7 nitrogen and oxygen atoms in total. The van der Waals surface area contributed by atoms with Gasteiger partial charge in [0.1, 0.15) is 18.1 Å². The molecule has 0 radical (unpaired) electrons. The molecule has 0 spiro atoms. The Balaban J connectivity index is 1.62. The third-order valence-corrected chi connectivity index (χ3v) is 4.56. The van der Waals surface area contributed by atoms with Crippen LogP contribution in [-0.4, -0.2) is 38.8 Å². The minimum absolute atomic E-state index is 0.0637. The molecule has 1 aliphatic rings. The van der Waals surface area contributed by atoms with E-state index in [1.807, 2.05) is 0 Å². The number of fused-ring (bicyclic) bond motifs is 1. The first-order valence-electron chi connectivity index (χ1n) is 8.88. The van der Waals surface area contributed by atoms with E-state index in [1.54, 1.807) is 23.7 Å². The molecule has 0 atom stereocenters. The van der Waals surface area contributed by atoms with Gasteiger partial charge in [0, 0.05) is 26.6 Å². The summed E-state index contributed by atoms with van der Waals surface area (Å²) in [6.07, 6.45) is 3.76. The van der Waals surface area contributed by atoms with Crippen LogP contribution in [0.4, 0.5) is 8.78 Å². The first-order chi connectivity index (χ1) is 12.9. The zero-order chi connectivity index (χ0) is 19.4. The fourth-order valence-electron chi connectivity index (χ4n) is 3.12. The molecule has 3 rings (SSSR count). The van der Waals surface area contributed by atoms with E-state index in [9.17, 15) is 18.4 Å². The highest BCUT2D eigenvalue weighted by Crippen LogP contribution is 2.16. The van der Waals surface area contributed by atoms with Crippen molar-refractivity contribution >= 4 is 5.91 Å². The number of ether oxygens (including phenoxy) is 1. The molecule has 2 heterocycles. The molecule has 1 aliphatic heterocycles. The lowest BCUT2D eigenvalue weighted by Gasteiger charge is -2.17. The lowest BCUT2D eigenvalue weighted by Crippen LogP contribution is -2.34. The Morgan fingerprint density at radius 2 is 2.00 bits per heavy atom. The Morgan fingerprint density at radius 3 is 2.70 bits per heavy atom. The molecule has 1 aromatic carbocycles. The van der Waals surface area contributed by atoms with Gasteiger partial charge in [0.2, 0.25) is 5.91 Å². The molecule has 0 saturated carbocycles. The van der Waals surface area contributed by atoms with Gasteiger partial charge in [-0.3, -0.25) is 9.36 Å². The number of aryl methyl sites for hydroxylation is 1. The number of hydrogen-bond acceptors (Lipinski definition) is 4. The Hall–Kier alpha value is -2.71. The summed E-state index contributed by atoms with van der Waals surface area (Å²) in [7, 11) is 1.62. The highest BCUT2D eigenvalue weighted by atomic mass is 19.3. The van der Waals surface area contributed by atoms with Crippen molar-refractivity contribution in [2.24, 2.45) is 0 Å². The van der Waals surface area contributed by atoms with Crippen LogP contribution in [0.1, 0.15) is 30.7 Å². The van der Waals surface area contributed by atoms with Gasteiger partial charge in [0.15, 0.2) is 0 Å². The average molecular weight is 380 g/mol. The third kappa shape index (κ3) is 4.72. The Bertz CT molecular complexity index is 845. The van der Waals surface area contributed by atoms with Crippen molar-refractivity contribution in [3.05, 3.63) is 46.1 Å². The molecule has 0 fully saturated rings. The number of likely N-dealkylation sites (N-methyl/N-ethyl adjacent to an activating group) is 1. The number of nitrogens with zero attached hydrogens (tertiary/aromatic N) is 4. The van der Waals surface area contributed by atoms with Gasteiger partial charge in [-0.1, -0.05) is 18.6 Å². The van der Waals surface area contributed by atoms with Crippen molar-refractivity contribution in [3.63, 3.8) is 0 Å². The summed E-state index contributed by atoms with van der Waals surface area (Å²) in [6.45, 7) is -2.06. The number of amides is 1. The van der Waals surface area contributed by atoms with Crippen LogP contribution in [0.25, 0.3) is 0 Å². The van der Waals surface area contributed by atoms with Crippen LogP contribution >= 0.6 is 0 Å². The topological polar surface area (TPSA) is 69.4 Å². The second-order valence-corrected chi connectivity index (χ2v) is 6.59. The van der Waals surface area contributed by atoms with E-state index in [2.05, 4.69) is 9.84 Å². The molecule has 1 aromatic heterocycles. The fourth-order valence-corrected chi connectivity index (χ4v) is 3.12. The van der Waals surface area contributed by atoms with Gasteiger partial charge in [-0.25, -0.2) is 9.48 Å². The van der Waals surface area contributed by atoms with E-state index >= 15 is 0 Å². The Kier molecular flexibility index (Phi) is 5.88. The minimum Gasteiger partial charge on any atom is -0.435 e. The van der Waals surface area contributed by atoms with Crippen LogP contribution in [0.2, 0.25) is 0 Å². The molecule has 0 N–H and O–H groups in total. The van der Waals surface area contributed by atoms with Crippen molar-refractivity contribution < 1.29 is 18.3 Å². The van der Waals surface area contributed by atoms with Crippen LogP contribution in [-0.2, 0) is 30.8 Å². The number of carbonyl (C=O) groups excluding carboxylic acids is 1. The maximum Gasteiger partial charge on any atom is 0.387 e. The largest absolute Gasteiger partial charge is 0.435 e. The number of aromatic nitrogens is 3. The maximum absolute atomic E-state index is 12.5. The van der Waals surface area contributed by atoms with Gasteiger partial charge in [-0.05, 0) is 30.5 Å². The third-order valence-electron chi connectivity index (χ3n) is 4.56. The van der Waals surface area contributed by atoms with Gasteiger partial charge in [0.25, 0.3) is 0 Å². The van der Waals surface area contributed by atoms with E-state index in [0.29, 0.717) is 6.54 Å². The smallest absolute Gasteiger partial charge is 0.387 e. The normalized spacial score (nSPS) is 13.9. The summed E-state index contributed by atoms with van der Waals surface area (Å²) < 4.78 is 31.5. The summed E-state index contributed by atoms with van der Waals surface area (Å²) in [4.78, 5) is 26.4. The van der Waals surface area contributed by atoms with Crippen molar-refractivity contribution in [2.45, 2.75) is 51.9 Å². The Morgan fingerprint density at radius 1 is 1.26 bits per heavy atom. The SMILES string of the molecule is CN(Cc1ccc(OC(F)F)cc1)C(=O)Cn1nc2n(c1=O)CCCCC2. The molecule has 0 unspecified atom stereocenters. The molecule has 0 aliphatic carbocycles. The molecule has 27 heavy (non-hydrogen) atoms. The summed E-state index contributed by atoms with van der Waals surface area (Å²) in [6, 6.07) is 6.09. The maximum atomic E-state index is 12.5. The number of hydrogen-bond donors (Lipinski definition) is 0. The lowest BCUT2D eigenvalue weighted by molar-refractivity contribution is -0.131. The molecule has 9 heteroatoms. The molecule has 0 saturated heterocycles. The quantitative estimate of drug-likeness (QED) is 0.769. The van der Waals surface area contributed by atoms with Crippen molar-refractivity contribution in [2.75, 3.05) is 7.05 Å². The predicted molar refractivity (Wildman–Crippen MR) is 93.6 cm³/mol. The van der Waals surface area contributed by atoms with Gasteiger partial charge >= 0.3 is 12.3 Å². The van der Waals surface area contributed by atoms with E-state index in [-0.39, 0.29) is 30.4 Å². The molecule has 2 aromatic rings. The molecule has 146 valence electrons. The van der Waals surface area contributed by atoms with Crippen molar-refractivity contribution in [3.8, 4) is 5.75 Å². The lowest BCUT2D eigenvalue weighted by atomic mass is 10.2. The average Bonchev–Trinajstić information content (AvgIpc) is 2.79. The minimum atomic E-state index is -2.87. The highest BCUT2D eigenvalue weighted by Gasteiger charge is 2.19. The van der Waals surface area contributed by atoms with Crippen LogP contribution in [0, 0.1) is 0 Å². The van der Waals surface area contributed by atoms with Crippen LogP contribution < -0.4 is 10.4 Å². The molecule has 1 amide bonds.